The molecule has 0 unspecified atom stereocenters. The van der Waals surface area contributed by atoms with Crippen molar-refractivity contribution in [2.45, 2.75) is 59.8 Å². The summed E-state index contributed by atoms with van der Waals surface area (Å²) in [6.07, 6.45) is 5.23. The molecule has 0 atom stereocenters. The zero-order valence-corrected chi connectivity index (χ0v) is 13.1. The van der Waals surface area contributed by atoms with Crippen molar-refractivity contribution in [3.05, 3.63) is 29.3 Å². The normalized spacial score (nSPS) is 12.4. The number of rotatable bonds is 2. The predicted octanol–water partition coefficient (Wildman–Crippen LogP) is 5.05. The Bertz CT molecular complexity index is 368. The van der Waals surface area contributed by atoms with Gasteiger partial charge in [0, 0.05) is 17.5 Å². The van der Waals surface area contributed by atoms with Gasteiger partial charge in [-0.15, -0.1) is 0 Å². The van der Waals surface area contributed by atoms with Gasteiger partial charge in [-0.05, 0) is 18.9 Å². The van der Waals surface area contributed by atoms with Crippen molar-refractivity contribution in [1.82, 2.24) is 0 Å². The van der Waals surface area contributed by atoms with Crippen molar-refractivity contribution in [2.24, 2.45) is 0 Å². The number of hydrogen-bond acceptors (Lipinski definition) is 2. The average molecular weight is 264 g/mol. The average Bonchev–Trinajstić information content (AvgIpc) is 2.49. The molecule has 108 valence electrons. The highest BCUT2D eigenvalue weighted by molar-refractivity contribution is 5.99. The van der Waals surface area contributed by atoms with Crippen molar-refractivity contribution in [1.29, 1.82) is 0 Å². The van der Waals surface area contributed by atoms with Gasteiger partial charge in [-0.3, -0.25) is 4.79 Å². The number of ketones is 1. The maximum absolute atomic E-state index is 11.5. The minimum atomic E-state index is 0.250. The SMILES string of the molecule is CC.CCCC.COc1cccc2c1CCCC2=O. The van der Waals surface area contributed by atoms with E-state index in [0.29, 0.717) is 6.42 Å². The molecule has 0 radical (unpaired) electrons. The minimum absolute atomic E-state index is 0.250. The fourth-order valence-electron chi connectivity index (χ4n) is 1.84. The van der Waals surface area contributed by atoms with Crippen LogP contribution in [0.3, 0.4) is 0 Å². The van der Waals surface area contributed by atoms with Gasteiger partial charge in [0.05, 0.1) is 7.11 Å². The molecule has 0 spiro atoms. The number of unbranched alkanes of at least 4 members (excludes halogenated alkanes) is 1. The van der Waals surface area contributed by atoms with Gasteiger partial charge in [0.2, 0.25) is 0 Å². The molecule has 0 amide bonds. The Hall–Kier alpha value is -1.31. The lowest BCUT2D eigenvalue weighted by atomic mass is 9.90. The molecule has 0 saturated heterocycles. The first kappa shape index (κ1) is 17.7. The first-order chi connectivity index (χ1) is 9.24. The monoisotopic (exact) mass is 264 g/mol. The molecule has 0 aromatic heterocycles. The van der Waals surface area contributed by atoms with Gasteiger partial charge in [0.1, 0.15) is 5.75 Å². The van der Waals surface area contributed by atoms with E-state index in [4.69, 9.17) is 4.74 Å². The third-order valence-corrected chi connectivity index (χ3v) is 2.98. The van der Waals surface area contributed by atoms with Crippen LogP contribution in [0.15, 0.2) is 18.2 Å². The smallest absolute Gasteiger partial charge is 0.163 e. The van der Waals surface area contributed by atoms with Crippen LogP contribution in [0.25, 0.3) is 0 Å². The lowest BCUT2D eigenvalue weighted by Gasteiger charge is -2.16. The third kappa shape index (κ3) is 5.46. The van der Waals surface area contributed by atoms with E-state index in [1.54, 1.807) is 7.11 Å². The summed E-state index contributed by atoms with van der Waals surface area (Å²) in [5.41, 5.74) is 1.94. The summed E-state index contributed by atoms with van der Waals surface area (Å²) in [5, 5.41) is 0. The van der Waals surface area contributed by atoms with E-state index >= 15 is 0 Å². The third-order valence-electron chi connectivity index (χ3n) is 2.98. The number of methoxy groups -OCH3 is 1. The largest absolute Gasteiger partial charge is 0.496 e. The standard InChI is InChI=1S/C11H12O2.C4H10.C2H6/c1-13-11-7-3-4-8-9(11)5-2-6-10(8)12;1-3-4-2;1-2/h3-4,7H,2,5-6H2,1H3;3-4H2,1-2H3;1-2H3. The molecule has 2 nitrogen and oxygen atoms in total. The summed E-state index contributed by atoms with van der Waals surface area (Å²) in [5.74, 6) is 1.10. The summed E-state index contributed by atoms with van der Waals surface area (Å²) in [7, 11) is 1.65. The van der Waals surface area contributed by atoms with Crippen molar-refractivity contribution in [3.8, 4) is 5.75 Å². The number of benzene rings is 1. The van der Waals surface area contributed by atoms with E-state index in [-0.39, 0.29) is 5.78 Å². The molecule has 1 aliphatic rings. The number of hydrogen-bond donors (Lipinski definition) is 0. The molecule has 19 heavy (non-hydrogen) atoms. The summed E-state index contributed by atoms with van der Waals surface area (Å²) in [6, 6.07) is 5.68. The van der Waals surface area contributed by atoms with E-state index in [1.807, 2.05) is 32.0 Å². The Morgan fingerprint density at radius 1 is 1.11 bits per heavy atom. The fourth-order valence-corrected chi connectivity index (χ4v) is 1.84. The quantitative estimate of drug-likeness (QED) is 0.747. The topological polar surface area (TPSA) is 26.3 Å². The molecular weight excluding hydrogens is 236 g/mol. The number of fused-ring (bicyclic) bond motifs is 1. The molecule has 0 saturated carbocycles. The molecule has 0 heterocycles. The lowest BCUT2D eigenvalue weighted by Crippen LogP contribution is -2.11. The van der Waals surface area contributed by atoms with Crippen LogP contribution in [0.2, 0.25) is 0 Å². The first-order valence-electron chi connectivity index (χ1n) is 7.43. The molecular formula is C17H28O2. The number of ether oxygens (including phenoxy) is 1. The van der Waals surface area contributed by atoms with Crippen LogP contribution in [0.1, 0.15) is 69.3 Å². The van der Waals surface area contributed by atoms with Crippen LogP contribution in [0.4, 0.5) is 0 Å². The van der Waals surface area contributed by atoms with E-state index in [2.05, 4.69) is 13.8 Å². The number of Topliss-reactive ketones (excluding diaryl/α,β-unsaturated/α-hetero) is 1. The van der Waals surface area contributed by atoms with Gasteiger partial charge in [-0.1, -0.05) is 52.7 Å². The highest BCUT2D eigenvalue weighted by Gasteiger charge is 2.19. The van der Waals surface area contributed by atoms with Crippen molar-refractivity contribution >= 4 is 5.78 Å². The molecule has 1 aliphatic carbocycles. The second-order valence-corrected chi connectivity index (χ2v) is 4.26. The molecule has 1 aromatic carbocycles. The summed E-state index contributed by atoms with van der Waals surface area (Å²) in [6.45, 7) is 8.36. The molecule has 0 N–H and O–H groups in total. The van der Waals surface area contributed by atoms with Gasteiger partial charge in [0.25, 0.3) is 0 Å². The van der Waals surface area contributed by atoms with Crippen LogP contribution in [0.5, 0.6) is 5.75 Å². The van der Waals surface area contributed by atoms with Gasteiger partial charge in [0.15, 0.2) is 5.78 Å². The maximum Gasteiger partial charge on any atom is 0.163 e. The number of carbonyl (C=O) groups excluding carboxylic acids is 1. The second kappa shape index (κ2) is 10.6. The van der Waals surface area contributed by atoms with E-state index in [1.165, 1.54) is 12.8 Å². The molecule has 0 aliphatic heterocycles. The molecule has 2 rings (SSSR count). The Balaban J connectivity index is 0.000000467. The van der Waals surface area contributed by atoms with Crippen LogP contribution in [-0.2, 0) is 6.42 Å². The highest BCUT2D eigenvalue weighted by Crippen LogP contribution is 2.28. The van der Waals surface area contributed by atoms with Crippen LogP contribution in [0, 0.1) is 0 Å². The van der Waals surface area contributed by atoms with Gasteiger partial charge in [-0.25, -0.2) is 0 Å². The fraction of sp³-hybridized carbons (Fsp3) is 0.588. The van der Waals surface area contributed by atoms with Crippen molar-refractivity contribution in [3.63, 3.8) is 0 Å². The minimum Gasteiger partial charge on any atom is -0.496 e. The Labute approximate surface area is 118 Å². The molecule has 2 heteroatoms. The van der Waals surface area contributed by atoms with Crippen molar-refractivity contribution in [2.75, 3.05) is 7.11 Å². The van der Waals surface area contributed by atoms with Gasteiger partial charge in [-0.2, -0.15) is 0 Å². The Morgan fingerprint density at radius 2 is 1.74 bits per heavy atom. The second-order valence-electron chi connectivity index (χ2n) is 4.26. The molecule has 1 aromatic rings. The summed E-state index contributed by atoms with van der Waals surface area (Å²) >= 11 is 0. The van der Waals surface area contributed by atoms with Gasteiger partial charge >= 0.3 is 0 Å². The van der Waals surface area contributed by atoms with Crippen LogP contribution >= 0.6 is 0 Å². The Kier molecular flexibility index (Phi) is 9.87. The summed E-state index contributed by atoms with van der Waals surface area (Å²) < 4.78 is 5.21. The van der Waals surface area contributed by atoms with E-state index in [0.717, 1.165) is 29.7 Å². The zero-order chi connectivity index (χ0) is 14.7. The van der Waals surface area contributed by atoms with Crippen molar-refractivity contribution < 1.29 is 9.53 Å². The van der Waals surface area contributed by atoms with E-state index < -0.39 is 0 Å². The molecule has 0 bridgehead atoms. The summed E-state index contributed by atoms with van der Waals surface area (Å²) in [4.78, 5) is 11.5. The van der Waals surface area contributed by atoms with E-state index in [9.17, 15) is 4.79 Å². The molecule has 0 fully saturated rings. The van der Waals surface area contributed by atoms with Gasteiger partial charge < -0.3 is 4.74 Å². The predicted molar refractivity (Wildman–Crippen MR) is 82.2 cm³/mol. The van der Waals surface area contributed by atoms with Crippen LogP contribution in [-0.4, -0.2) is 12.9 Å². The highest BCUT2D eigenvalue weighted by atomic mass is 16.5. The first-order valence-corrected chi connectivity index (χ1v) is 7.43. The Morgan fingerprint density at radius 3 is 2.26 bits per heavy atom. The lowest BCUT2D eigenvalue weighted by molar-refractivity contribution is 0.0971. The van der Waals surface area contributed by atoms with Crippen LogP contribution < -0.4 is 4.74 Å². The number of carbonyl (C=O) groups is 1. The maximum atomic E-state index is 11.5. The zero-order valence-electron chi connectivity index (χ0n) is 13.1.